The molecule has 0 N–H and O–H groups in total. The standard InChI is InChI=1S/C12H23NO/c1-9(2)11-7-5-6-8-13(11)12(14)10(3)4/h9-11H,5-8H2,1-4H3/t11-/m1/s1. The molecule has 0 saturated carbocycles. The smallest absolute Gasteiger partial charge is 0.225 e. The summed E-state index contributed by atoms with van der Waals surface area (Å²) in [7, 11) is 0. The maximum Gasteiger partial charge on any atom is 0.225 e. The van der Waals surface area contributed by atoms with Crippen LogP contribution in [0.4, 0.5) is 0 Å². The summed E-state index contributed by atoms with van der Waals surface area (Å²) >= 11 is 0. The first-order valence-electron chi connectivity index (χ1n) is 5.84. The first-order valence-corrected chi connectivity index (χ1v) is 5.84. The van der Waals surface area contributed by atoms with Crippen LogP contribution in [0, 0.1) is 11.8 Å². The number of nitrogens with zero attached hydrogens (tertiary/aromatic N) is 1. The zero-order valence-electron chi connectivity index (χ0n) is 9.92. The first kappa shape index (κ1) is 11.5. The van der Waals surface area contributed by atoms with Crippen LogP contribution in [0.15, 0.2) is 0 Å². The third-order valence-electron chi connectivity index (χ3n) is 3.10. The lowest BCUT2D eigenvalue weighted by molar-refractivity contribution is -0.139. The molecule has 2 heteroatoms. The van der Waals surface area contributed by atoms with Crippen molar-refractivity contribution in [2.75, 3.05) is 6.54 Å². The van der Waals surface area contributed by atoms with Crippen LogP contribution in [0.2, 0.25) is 0 Å². The van der Waals surface area contributed by atoms with Gasteiger partial charge < -0.3 is 4.90 Å². The van der Waals surface area contributed by atoms with Crippen molar-refractivity contribution >= 4 is 5.91 Å². The summed E-state index contributed by atoms with van der Waals surface area (Å²) in [6.45, 7) is 9.40. The predicted octanol–water partition coefficient (Wildman–Crippen LogP) is 2.68. The first-order chi connectivity index (χ1) is 6.54. The molecule has 1 rings (SSSR count). The molecular weight excluding hydrogens is 174 g/mol. The van der Waals surface area contributed by atoms with Crippen molar-refractivity contribution in [1.29, 1.82) is 0 Å². The molecule has 0 aromatic carbocycles. The lowest BCUT2D eigenvalue weighted by atomic mass is 9.92. The van der Waals surface area contributed by atoms with Gasteiger partial charge in [0.05, 0.1) is 0 Å². The van der Waals surface area contributed by atoms with Crippen molar-refractivity contribution in [3.63, 3.8) is 0 Å². The van der Waals surface area contributed by atoms with Crippen molar-refractivity contribution in [2.45, 2.75) is 53.0 Å². The third-order valence-corrected chi connectivity index (χ3v) is 3.10. The number of likely N-dealkylation sites (tertiary alicyclic amines) is 1. The monoisotopic (exact) mass is 197 g/mol. The van der Waals surface area contributed by atoms with Gasteiger partial charge >= 0.3 is 0 Å². The fraction of sp³-hybridized carbons (Fsp3) is 0.917. The van der Waals surface area contributed by atoms with E-state index in [-0.39, 0.29) is 5.92 Å². The third kappa shape index (κ3) is 2.49. The summed E-state index contributed by atoms with van der Waals surface area (Å²) in [6.07, 6.45) is 3.66. The van der Waals surface area contributed by atoms with Gasteiger partial charge in [-0.05, 0) is 25.2 Å². The van der Waals surface area contributed by atoms with Crippen molar-refractivity contribution < 1.29 is 4.79 Å². The highest BCUT2D eigenvalue weighted by atomic mass is 16.2. The van der Waals surface area contributed by atoms with Crippen LogP contribution in [0.5, 0.6) is 0 Å². The van der Waals surface area contributed by atoms with Crippen molar-refractivity contribution in [3.8, 4) is 0 Å². The Hall–Kier alpha value is -0.530. The second-order valence-corrected chi connectivity index (χ2v) is 4.99. The quantitative estimate of drug-likeness (QED) is 0.666. The van der Waals surface area contributed by atoms with E-state index < -0.39 is 0 Å². The molecule has 1 aliphatic heterocycles. The van der Waals surface area contributed by atoms with Gasteiger partial charge in [0.25, 0.3) is 0 Å². The maximum absolute atomic E-state index is 11.9. The largest absolute Gasteiger partial charge is 0.339 e. The Labute approximate surface area is 87.7 Å². The minimum atomic E-state index is 0.148. The van der Waals surface area contributed by atoms with Crippen LogP contribution in [0.25, 0.3) is 0 Å². The Morgan fingerprint density at radius 2 is 1.86 bits per heavy atom. The number of amides is 1. The zero-order valence-corrected chi connectivity index (χ0v) is 9.92. The topological polar surface area (TPSA) is 20.3 Å². The summed E-state index contributed by atoms with van der Waals surface area (Å²) in [6, 6.07) is 0.485. The Morgan fingerprint density at radius 1 is 1.21 bits per heavy atom. The maximum atomic E-state index is 11.9. The molecule has 2 nitrogen and oxygen atoms in total. The Morgan fingerprint density at radius 3 is 2.36 bits per heavy atom. The number of carbonyl (C=O) groups excluding carboxylic acids is 1. The van der Waals surface area contributed by atoms with Crippen molar-refractivity contribution in [2.24, 2.45) is 11.8 Å². The van der Waals surface area contributed by atoms with Crippen molar-refractivity contribution in [3.05, 3.63) is 0 Å². The van der Waals surface area contributed by atoms with Crippen molar-refractivity contribution in [1.82, 2.24) is 4.90 Å². The highest BCUT2D eigenvalue weighted by Crippen LogP contribution is 2.24. The number of piperidine rings is 1. The van der Waals surface area contributed by atoms with Gasteiger partial charge in [-0.1, -0.05) is 27.7 Å². The number of rotatable bonds is 2. The SMILES string of the molecule is CC(C)C(=O)N1CCCC[C@@H]1C(C)C. The zero-order chi connectivity index (χ0) is 10.7. The van der Waals surface area contributed by atoms with Crippen LogP contribution >= 0.6 is 0 Å². The highest BCUT2D eigenvalue weighted by molar-refractivity contribution is 5.78. The minimum Gasteiger partial charge on any atom is -0.339 e. The van der Waals surface area contributed by atoms with Gasteiger partial charge in [0.1, 0.15) is 0 Å². The molecule has 0 bridgehead atoms. The van der Waals surface area contributed by atoms with Gasteiger partial charge in [-0.3, -0.25) is 4.79 Å². The second-order valence-electron chi connectivity index (χ2n) is 4.99. The van der Waals surface area contributed by atoms with E-state index in [1.165, 1.54) is 19.3 Å². The molecule has 82 valence electrons. The van der Waals surface area contributed by atoms with Gasteiger partial charge in [0.2, 0.25) is 5.91 Å². The van der Waals surface area contributed by atoms with E-state index in [0.717, 1.165) is 6.54 Å². The molecule has 0 unspecified atom stereocenters. The molecule has 1 aliphatic rings. The summed E-state index contributed by atoms with van der Waals surface area (Å²) in [5.41, 5.74) is 0. The van der Waals surface area contributed by atoms with Gasteiger partial charge in [0.15, 0.2) is 0 Å². The molecule has 1 fully saturated rings. The van der Waals surface area contributed by atoms with Gasteiger partial charge in [-0.25, -0.2) is 0 Å². The number of hydrogen-bond acceptors (Lipinski definition) is 1. The predicted molar refractivity (Wildman–Crippen MR) is 59.0 cm³/mol. The van der Waals surface area contributed by atoms with Crippen LogP contribution in [0.3, 0.4) is 0 Å². The van der Waals surface area contributed by atoms with E-state index in [1.807, 2.05) is 13.8 Å². The van der Waals surface area contributed by atoms with E-state index in [2.05, 4.69) is 18.7 Å². The number of carbonyl (C=O) groups is 1. The molecule has 0 spiro atoms. The molecular formula is C12H23NO. The van der Waals surface area contributed by atoms with E-state index in [0.29, 0.717) is 17.9 Å². The molecule has 1 heterocycles. The van der Waals surface area contributed by atoms with Gasteiger partial charge in [-0.2, -0.15) is 0 Å². The van der Waals surface area contributed by atoms with Gasteiger partial charge in [-0.15, -0.1) is 0 Å². The Balaban J connectivity index is 2.67. The van der Waals surface area contributed by atoms with Crippen LogP contribution in [-0.2, 0) is 4.79 Å². The van der Waals surface area contributed by atoms with E-state index in [1.54, 1.807) is 0 Å². The van der Waals surface area contributed by atoms with Gasteiger partial charge in [0, 0.05) is 18.5 Å². The Bertz CT molecular complexity index is 198. The average Bonchev–Trinajstić information content (AvgIpc) is 2.16. The average molecular weight is 197 g/mol. The van der Waals surface area contributed by atoms with Crippen LogP contribution in [-0.4, -0.2) is 23.4 Å². The Kier molecular flexibility index (Phi) is 3.97. The minimum absolute atomic E-state index is 0.148. The molecule has 1 saturated heterocycles. The normalized spacial score (nSPS) is 23.3. The molecule has 0 aromatic rings. The highest BCUT2D eigenvalue weighted by Gasteiger charge is 2.29. The number of hydrogen-bond donors (Lipinski definition) is 0. The molecule has 0 aromatic heterocycles. The lowest BCUT2D eigenvalue weighted by Crippen LogP contribution is -2.47. The molecule has 0 aliphatic carbocycles. The van der Waals surface area contributed by atoms with Crippen LogP contribution in [0.1, 0.15) is 47.0 Å². The fourth-order valence-corrected chi connectivity index (χ4v) is 2.26. The van der Waals surface area contributed by atoms with E-state index in [4.69, 9.17) is 0 Å². The molecule has 1 atom stereocenters. The van der Waals surface area contributed by atoms with Crippen LogP contribution < -0.4 is 0 Å². The molecule has 14 heavy (non-hydrogen) atoms. The second kappa shape index (κ2) is 4.81. The summed E-state index contributed by atoms with van der Waals surface area (Å²) in [4.78, 5) is 14.0. The van der Waals surface area contributed by atoms with E-state index >= 15 is 0 Å². The summed E-state index contributed by atoms with van der Waals surface area (Å²) in [5.74, 6) is 1.08. The molecule has 1 amide bonds. The summed E-state index contributed by atoms with van der Waals surface area (Å²) in [5, 5.41) is 0. The van der Waals surface area contributed by atoms with E-state index in [9.17, 15) is 4.79 Å². The lowest BCUT2D eigenvalue weighted by Gasteiger charge is -2.39. The fourth-order valence-electron chi connectivity index (χ4n) is 2.26. The molecule has 0 radical (unpaired) electrons. The summed E-state index contributed by atoms with van der Waals surface area (Å²) < 4.78 is 0.